The number of rotatable bonds is 4. The van der Waals surface area contributed by atoms with Gasteiger partial charge in [0.05, 0.1) is 5.57 Å². The zero-order chi connectivity index (χ0) is 18.8. The van der Waals surface area contributed by atoms with Crippen molar-refractivity contribution >= 4 is 17.4 Å². The smallest absolute Gasteiger partial charge is 0.278 e. The summed E-state index contributed by atoms with van der Waals surface area (Å²) in [4.78, 5) is 33.0. The molecule has 0 radical (unpaired) electrons. The van der Waals surface area contributed by atoms with E-state index in [2.05, 4.69) is 16.7 Å². The van der Waals surface area contributed by atoms with Crippen LogP contribution < -0.4 is 0 Å². The molecule has 144 valence electrons. The lowest BCUT2D eigenvalue weighted by molar-refractivity contribution is -0.141. The van der Waals surface area contributed by atoms with Crippen LogP contribution in [0.2, 0.25) is 0 Å². The van der Waals surface area contributed by atoms with Crippen LogP contribution in [0, 0.1) is 0 Å². The highest BCUT2D eigenvalue weighted by molar-refractivity contribution is 6.35. The molecule has 3 aliphatic rings. The second-order valence-corrected chi connectivity index (χ2v) is 7.78. The van der Waals surface area contributed by atoms with E-state index in [9.17, 15) is 9.59 Å². The van der Waals surface area contributed by atoms with E-state index in [1.54, 1.807) is 4.90 Å². The highest BCUT2D eigenvalue weighted by Gasteiger charge is 2.45. The molecule has 0 unspecified atom stereocenters. The lowest BCUT2D eigenvalue weighted by atomic mass is 9.94. The van der Waals surface area contributed by atoms with Gasteiger partial charge < -0.3 is 9.80 Å². The lowest BCUT2D eigenvalue weighted by Gasteiger charge is -2.36. The molecular formula is C22H29N3O2. The molecular weight excluding hydrogens is 338 g/mol. The summed E-state index contributed by atoms with van der Waals surface area (Å²) in [7, 11) is 0. The molecule has 2 aliphatic heterocycles. The van der Waals surface area contributed by atoms with Crippen LogP contribution in [0.5, 0.6) is 0 Å². The van der Waals surface area contributed by atoms with Gasteiger partial charge in [0.15, 0.2) is 0 Å². The fraction of sp³-hybridized carbons (Fsp3) is 0.545. The summed E-state index contributed by atoms with van der Waals surface area (Å²) < 4.78 is 0. The summed E-state index contributed by atoms with van der Waals surface area (Å²) in [5.74, 6) is -0.165. The normalized spacial score (nSPS) is 22.9. The number of imide groups is 1. The molecule has 1 saturated heterocycles. The molecule has 27 heavy (non-hydrogen) atoms. The Morgan fingerprint density at radius 2 is 1.56 bits per heavy atom. The van der Waals surface area contributed by atoms with Crippen LogP contribution >= 0.6 is 0 Å². The molecule has 2 fully saturated rings. The third-order valence-corrected chi connectivity index (χ3v) is 6.23. The van der Waals surface area contributed by atoms with Crippen LogP contribution in [0.15, 0.2) is 36.0 Å². The highest BCUT2D eigenvalue weighted by atomic mass is 16.2. The van der Waals surface area contributed by atoms with Crippen LogP contribution in [0.4, 0.5) is 0 Å². The van der Waals surface area contributed by atoms with Gasteiger partial charge in [-0.05, 0) is 24.9 Å². The largest absolute Gasteiger partial charge is 0.364 e. The minimum absolute atomic E-state index is 0.0619. The minimum Gasteiger partial charge on any atom is -0.364 e. The average Bonchev–Trinajstić information content (AvgIpc) is 2.99. The Labute approximate surface area is 161 Å². The van der Waals surface area contributed by atoms with Crippen LogP contribution in [-0.4, -0.2) is 65.3 Å². The molecule has 0 atom stereocenters. The van der Waals surface area contributed by atoms with Gasteiger partial charge in [0.25, 0.3) is 11.8 Å². The van der Waals surface area contributed by atoms with E-state index in [1.165, 1.54) is 6.42 Å². The number of carbonyl (C=O) groups is 2. The van der Waals surface area contributed by atoms with Crippen molar-refractivity contribution in [1.82, 2.24) is 14.7 Å². The number of likely N-dealkylation sites (N-methyl/N-ethyl adjacent to an activating group) is 1. The average molecular weight is 367 g/mol. The molecule has 5 heteroatoms. The zero-order valence-corrected chi connectivity index (χ0v) is 16.2. The van der Waals surface area contributed by atoms with E-state index in [-0.39, 0.29) is 17.9 Å². The molecule has 1 aromatic carbocycles. The Bertz CT molecular complexity index is 729. The van der Waals surface area contributed by atoms with Gasteiger partial charge in [0.2, 0.25) is 0 Å². The Balaban J connectivity index is 1.69. The third kappa shape index (κ3) is 3.41. The predicted molar refractivity (Wildman–Crippen MR) is 106 cm³/mol. The SMILES string of the molecule is CCN1CCN(C2=C(c3ccccc3)C(=O)N(C3CCCCC3)C2=O)CC1. The number of hydrogen-bond donors (Lipinski definition) is 0. The maximum atomic E-state index is 13.4. The predicted octanol–water partition coefficient (Wildman–Crippen LogP) is 2.74. The van der Waals surface area contributed by atoms with Gasteiger partial charge in [-0.3, -0.25) is 14.5 Å². The first-order chi connectivity index (χ1) is 13.2. The van der Waals surface area contributed by atoms with E-state index < -0.39 is 0 Å². The maximum Gasteiger partial charge on any atom is 0.278 e. The number of carbonyl (C=O) groups excluding carboxylic acids is 2. The van der Waals surface area contributed by atoms with Gasteiger partial charge in [-0.25, -0.2) is 0 Å². The van der Waals surface area contributed by atoms with E-state index in [0.717, 1.165) is 64.0 Å². The lowest BCUT2D eigenvalue weighted by Crippen LogP contribution is -2.48. The van der Waals surface area contributed by atoms with Gasteiger partial charge in [0.1, 0.15) is 5.70 Å². The summed E-state index contributed by atoms with van der Waals surface area (Å²) in [5.41, 5.74) is 2.10. The second kappa shape index (κ2) is 7.85. The molecule has 0 bridgehead atoms. The number of benzene rings is 1. The van der Waals surface area contributed by atoms with Crippen LogP contribution in [0.1, 0.15) is 44.6 Å². The molecule has 2 amide bonds. The van der Waals surface area contributed by atoms with Crippen LogP contribution in [0.25, 0.3) is 5.57 Å². The van der Waals surface area contributed by atoms with Crippen molar-refractivity contribution in [2.75, 3.05) is 32.7 Å². The topological polar surface area (TPSA) is 43.9 Å². The van der Waals surface area contributed by atoms with Crippen molar-refractivity contribution in [3.63, 3.8) is 0 Å². The summed E-state index contributed by atoms with van der Waals surface area (Å²) in [6.45, 7) is 6.67. The maximum absolute atomic E-state index is 13.4. The summed E-state index contributed by atoms with van der Waals surface area (Å²) in [6, 6.07) is 9.79. The van der Waals surface area contributed by atoms with Gasteiger partial charge in [-0.1, -0.05) is 56.5 Å². The first kappa shape index (κ1) is 18.2. The summed E-state index contributed by atoms with van der Waals surface area (Å²) in [6.07, 6.45) is 5.30. The van der Waals surface area contributed by atoms with Crippen molar-refractivity contribution in [3.05, 3.63) is 41.6 Å². The molecule has 2 heterocycles. The molecule has 4 rings (SSSR count). The first-order valence-electron chi connectivity index (χ1n) is 10.4. The van der Waals surface area contributed by atoms with E-state index in [0.29, 0.717) is 11.3 Å². The van der Waals surface area contributed by atoms with Gasteiger partial charge in [-0.2, -0.15) is 0 Å². The molecule has 0 aromatic heterocycles. The number of amides is 2. The van der Waals surface area contributed by atoms with Crippen LogP contribution in [0.3, 0.4) is 0 Å². The highest BCUT2D eigenvalue weighted by Crippen LogP contribution is 2.36. The zero-order valence-electron chi connectivity index (χ0n) is 16.2. The summed E-state index contributed by atoms with van der Waals surface area (Å²) in [5, 5.41) is 0. The molecule has 1 aliphatic carbocycles. The fourth-order valence-corrected chi connectivity index (χ4v) is 4.65. The molecule has 1 aromatic rings. The summed E-state index contributed by atoms with van der Waals surface area (Å²) >= 11 is 0. The van der Waals surface area contributed by atoms with Crippen molar-refractivity contribution < 1.29 is 9.59 Å². The van der Waals surface area contributed by atoms with Gasteiger partial charge in [-0.15, -0.1) is 0 Å². The number of piperazine rings is 1. The second-order valence-electron chi connectivity index (χ2n) is 7.78. The molecule has 5 nitrogen and oxygen atoms in total. The molecule has 1 saturated carbocycles. The first-order valence-corrected chi connectivity index (χ1v) is 10.4. The van der Waals surface area contributed by atoms with Crippen molar-refractivity contribution in [2.24, 2.45) is 0 Å². The molecule has 0 N–H and O–H groups in total. The minimum atomic E-state index is -0.0916. The van der Waals surface area contributed by atoms with E-state index in [1.807, 2.05) is 30.3 Å². The van der Waals surface area contributed by atoms with Gasteiger partial charge >= 0.3 is 0 Å². The standard InChI is InChI=1S/C22H29N3O2/c1-2-23-13-15-24(16-14-23)20-19(17-9-5-3-6-10-17)21(26)25(22(20)27)18-11-7-4-8-12-18/h3,5-6,9-10,18H,2,4,7-8,11-16H2,1H3. The quantitative estimate of drug-likeness (QED) is 0.768. The van der Waals surface area contributed by atoms with E-state index in [4.69, 9.17) is 0 Å². The molecule has 0 spiro atoms. The van der Waals surface area contributed by atoms with Crippen LogP contribution in [-0.2, 0) is 9.59 Å². The fourth-order valence-electron chi connectivity index (χ4n) is 4.65. The number of nitrogens with zero attached hydrogens (tertiary/aromatic N) is 3. The Kier molecular flexibility index (Phi) is 5.30. The van der Waals surface area contributed by atoms with Crippen molar-refractivity contribution in [3.8, 4) is 0 Å². The van der Waals surface area contributed by atoms with Crippen molar-refractivity contribution in [2.45, 2.75) is 45.1 Å². The number of hydrogen-bond acceptors (Lipinski definition) is 4. The van der Waals surface area contributed by atoms with E-state index >= 15 is 0 Å². The van der Waals surface area contributed by atoms with Crippen molar-refractivity contribution in [1.29, 1.82) is 0 Å². The Morgan fingerprint density at radius 3 is 2.19 bits per heavy atom. The monoisotopic (exact) mass is 367 g/mol. The third-order valence-electron chi connectivity index (χ3n) is 6.23. The Hall–Kier alpha value is -2.14. The van der Waals surface area contributed by atoms with Gasteiger partial charge in [0, 0.05) is 32.2 Å². The Morgan fingerprint density at radius 1 is 0.889 bits per heavy atom.